The lowest BCUT2D eigenvalue weighted by molar-refractivity contribution is -0.124. The molecule has 0 saturated carbocycles. The zero-order valence-electron chi connectivity index (χ0n) is 8.06. The van der Waals surface area contributed by atoms with E-state index in [-0.39, 0.29) is 29.4 Å². The molecule has 7 nitrogen and oxygen atoms in total. The van der Waals surface area contributed by atoms with Gasteiger partial charge >= 0.3 is 0 Å². The summed E-state index contributed by atoms with van der Waals surface area (Å²) >= 11 is 1.08. The maximum Gasteiger partial charge on any atom is 0.262 e. The molecule has 1 aliphatic rings. The number of aliphatic imine (C=N–C) groups is 2. The fourth-order valence-corrected chi connectivity index (χ4v) is 1.87. The minimum absolute atomic E-state index is 0.0764. The molecule has 0 aromatic carbocycles. The number of nitrogens with two attached hydrogens (primary N) is 2. The highest BCUT2D eigenvalue weighted by Crippen LogP contribution is 2.25. The van der Waals surface area contributed by atoms with E-state index in [1.807, 2.05) is 0 Å². The summed E-state index contributed by atoms with van der Waals surface area (Å²) in [6, 6.07) is 0. The van der Waals surface area contributed by atoms with Crippen LogP contribution < -0.4 is 16.8 Å². The smallest absolute Gasteiger partial charge is 0.262 e. The first kappa shape index (κ1) is 11.5. The van der Waals surface area contributed by atoms with Gasteiger partial charge in [-0.05, 0) is 0 Å². The van der Waals surface area contributed by atoms with E-state index in [4.69, 9.17) is 11.5 Å². The lowest BCUT2D eigenvalue weighted by Crippen LogP contribution is -2.25. The number of nitrogens with zero attached hydrogens (tertiary/aromatic N) is 2. The summed E-state index contributed by atoms with van der Waals surface area (Å²) in [5, 5.41) is 2.11. The number of guanidine groups is 1. The van der Waals surface area contributed by atoms with Gasteiger partial charge in [-0.2, -0.15) is 9.98 Å². The predicted octanol–water partition coefficient (Wildman–Crippen LogP) is -1.61. The zero-order valence-corrected chi connectivity index (χ0v) is 8.87. The van der Waals surface area contributed by atoms with Crippen molar-refractivity contribution in [2.75, 3.05) is 7.05 Å². The molecule has 1 atom stereocenters. The van der Waals surface area contributed by atoms with Gasteiger partial charge in [0.05, 0.1) is 0 Å². The Balaban J connectivity index is 2.60. The molecule has 15 heavy (non-hydrogen) atoms. The van der Waals surface area contributed by atoms with Crippen molar-refractivity contribution in [2.45, 2.75) is 11.7 Å². The van der Waals surface area contributed by atoms with Crippen LogP contribution in [0.2, 0.25) is 0 Å². The van der Waals surface area contributed by atoms with Gasteiger partial charge in [0.15, 0.2) is 11.1 Å². The first-order valence-corrected chi connectivity index (χ1v) is 5.00. The number of rotatable bonds is 2. The summed E-state index contributed by atoms with van der Waals surface area (Å²) in [6.45, 7) is 0. The average Bonchev–Trinajstić information content (AvgIpc) is 2.45. The summed E-state index contributed by atoms with van der Waals surface area (Å²) < 4.78 is 0. The fraction of sp³-hybridized carbons (Fsp3) is 0.429. The van der Waals surface area contributed by atoms with Crippen LogP contribution in [0.4, 0.5) is 0 Å². The van der Waals surface area contributed by atoms with Crippen LogP contribution in [0, 0.1) is 0 Å². The van der Waals surface area contributed by atoms with Crippen molar-refractivity contribution in [3.05, 3.63) is 0 Å². The van der Waals surface area contributed by atoms with E-state index in [1.165, 1.54) is 7.05 Å². The van der Waals surface area contributed by atoms with E-state index in [9.17, 15) is 9.59 Å². The Morgan fingerprint density at radius 3 is 2.87 bits per heavy atom. The van der Waals surface area contributed by atoms with Crippen LogP contribution >= 0.6 is 11.8 Å². The number of hydrogen-bond acceptors (Lipinski definition) is 4. The van der Waals surface area contributed by atoms with Crippen molar-refractivity contribution in [1.29, 1.82) is 0 Å². The highest BCUT2D eigenvalue weighted by atomic mass is 32.2. The van der Waals surface area contributed by atoms with Crippen molar-refractivity contribution in [2.24, 2.45) is 21.5 Å². The van der Waals surface area contributed by atoms with Gasteiger partial charge in [-0.1, -0.05) is 11.8 Å². The maximum absolute atomic E-state index is 11.3. The van der Waals surface area contributed by atoms with Gasteiger partial charge in [0.2, 0.25) is 5.91 Å². The molecular formula is C7H11N5O2S. The van der Waals surface area contributed by atoms with E-state index in [0.29, 0.717) is 0 Å². The Kier molecular flexibility index (Phi) is 3.67. The van der Waals surface area contributed by atoms with Crippen molar-refractivity contribution in [3.8, 4) is 0 Å². The summed E-state index contributed by atoms with van der Waals surface area (Å²) in [5.41, 5.74) is 10.3. The summed E-state index contributed by atoms with van der Waals surface area (Å²) in [4.78, 5) is 29.6. The van der Waals surface area contributed by atoms with Crippen molar-refractivity contribution >= 4 is 34.7 Å². The molecule has 1 heterocycles. The lowest BCUT2D eigenvalue weighted by atomic mass is 10.3. The highest BCUT2D eigenvalue weighted by molar-refractivity contribution is 8.15. The summed E-state index contributed by atoms with van der Waals surface area (Å²) in [7, 11) is 1.50. The van der Waals surface area contributed by atoms with Crippen molar-refractivity contribution in [1.82, 2.24) is 5.32 Å². The fourth-order valence-electron chi connectivity index (χ4n) is 0.931. The standard InChI is InChI=1S/C7H11N5O2S/c1-10-4(13)2-3-5(14)11-7(15-3)12-6(8)9/h3H,2H2,1H3,(H,10,13)(H4,8,9,11,12,14)/t3-/m1/s1. The Hall–Kier alpha value is -1.57. The van der Waals surface area contributed by atoms with Gasteiger partial charge in [0.25, 0.3) is 5.91 Å². The summed E-state index contributed by atoms with van der Waals surface area (Å²) in [5.74, 6) is -0.764. The molecule has 0 unspecified atom stereocenters. The molecule has 1 aliphatic heterocycles. The van der Waals surface area contributed by atoms with Gasteiger partial charge < -0.3 is 16.8 Å². The number of carbonyl (C=O) groups is 2. The second-order valence-electron chi connectivity index (χ2n) is 2.75. The van der Waals surface area contributed by atoms with E-state index < -0.39 is 5.25 Å². The van der Waals surface area contributed by atoms with E-state index in [1.54, 1.807) is 0 Å². The minimum Gasteiger partial charge on any atom is -0.370 e. The van der Waals surface area contributed by atoms with Crippen LogP contribution in [-0.4, -0.2) is 35.2 Å². The molecule has 0 aromatic rings. The molecule has 0 radical (unpaired) electrons. The van der Waals surface area contributed by atoms with Crippen LogP contribution in [0.15, 0.2) is 9.98 Å². The largest absolute Gasteiger partial charge is 0.370 e. The van der Waals surface area contributed by atoms with Crippen LogP contribution in [0.25, 0.3) is 0 Å². The second kappa shape index (κ2) is 4.78. The van der Waals surface area contributed by atoms with Crippen LogP contribution in [-0.2, 0) is 9.59 Å². The molecule has 0 saturated heterocycles. The number of carbonyl (C=O) groups excluding carboxylic acids is 2. The first-order chi connectivity index (χ1) is 7.02. The molecule has 0 aromatic heterocycles. The molecule has 0 fully saturated rings. The Bertz CT molecular complexity index is 347. The topological polar surface area (TPSA) is 123 Å². The zero-order chi connectivity index (χ0) is 11.4. The maximum atomic E-state index is 11.3. The molecule has 1 rings (SSSR count). The molecular weight excluding hydrogens is 218 g/mol. The molecule has 82 valence electrons. The molecule has 0 bridgehead atoms. The van der Waals surface area contributed by atoms with Crippen LogP contribution in [0.3, 0.4) is 0 Å². The number of hydrogen-bond donors (Lipinski definition) is 3. The van der Waals surface area contributed by atoms with E-state index >= 15 is 0 Å². The van der Waals surface area contributed by atoms with Crippen LogP contribution in [0.5, 0.6) is 0 Å². The number of thioether (sulfide) groups is 1. The van der Waals surface area contributed by atoms with E-state index in [0.717, 1.165) is 11.8 Å². The molecule has 5 N–H and O–H groups in total. The number of amides is 2. The summed E-state index contributed by atoms with van der Waals surface area (Å²) in [6.07, 6.45) is 0.0764. The second-order valence-corrected chi connectivity index (χ2v) is 3.92. The number of amidine groups is 1. The molecule has 2 amide bonds. The SMILES string of the molecule is CNC(=O)C[C@H]1SC(N=C(N)N)=NC1=O. The van der Waals surface area contributed by atoms with Crippen LogP contribution in [0.1, 0.15) is 6.42 Å². The normalized spacial score (nSPS) is 19.7. The molecule has 0 spiro atoms. The highest BCUT2D eigenvalue weighted by Gasteiger charge is 2.30. The molecule has 8 heteroatoms. The third-order valence-corrected chi connectivity index (χ3v) is 2.65. The van der Waals surface area contributed by atoms with Gasteiger partial charge in [-0.3, -0.25) is 9.59 Å². The minimum atomic E-state index is -0.525. The number of nitrogens with one attached hydrogen (secondary N) is 1. The Morgan fingerprint density at radius 1 is 1.67 bits per heavy atom. The monoisotopic (exact) mass is 229 g/mol. The van der Waals surface area contributed by atoms with Gasteiger partial charge in [-0.15, -0.1) is 0 Å². The lowest BCUT2D eigenvalue weighted by Gasteiger charge is -2.03. The van der Waals surface area contributed by atoms with E-state index in [2.05, 4.69) is 15.3 Å². The van der Waals surface area contributed by atoms with Gasteiger partial charge in [-0.25, -0.2) is 0 Å². The van der Waals surface area contributed by atoms with Crippen molar-refractivity contribution < 1.29 is 9.59 Å². The van der Waals surface area contributed by atoms with Crippen molar-refractivity contribution in [3.63, 3.8) is 0 Å². The predicted molar refractivity (Wildman–Crippen MR) is 58.3 cm³/mol. The Morgan fingerprint density at radius 2 is 2.33 bits per heavy atom. The third kappa shape index (κ3) is 3.24. The third-order valence-electron chi connectivity index (χ3n) is 1.60. The van der Waals surface area contributed by atoms with Gasteiger partial charge in [0, 0.05) is 13.5 Å². The first-order valence-electron chi connectivity index (χ1n) is 4.12. The Labute approximate surface area is 90.4 Å². The average molecular weight is 229 g/mol. The molecule has 0 aliphatic carbocycles. The quantitative estimate of drug-likeness (QED) is 0.388. The van der Waals surface area contributed by atoms with Gasteiger partial charge in [0.1, 0.15) is 5.25 Å².